The summed E-state index contributed by atoms with van der Waals surface area (Å²) in [5.74, 6) is 0.0251. The topological polar surface area (TPSA) is 117 Å². The molecule has 7 heteroatoms. The lowest BCUT2D eigenvalue weighted by molar-refractivity contribution is -0.122. The Labute approximate surface area is 104 Å². The molecule has 1 rings (SSSR count). The molecular weight excluding hydrogens is 236 g/mol. The van der Waals surface area contributed by atoms with Crippen LogP contribution in [0.15, 0.2) is 12.1 Å². The Kier molecular flexibility index (Phi) is 4.47. The zero-order valence-corrected chi connectivity index (χ0v) is 10.2. The molecule has 18 heavy (non-hydrogen) atoms. The van der Waals surface area contributed by atoms with E-state index in [1.165, 1.54) is 6.92 Å². The van der Waals surface area contributed by atoms with Crippen LogP contribution in [0.5, 0.6) is 0 Å². The van der Waals surface area contributed by atoms with Crippen LogP contribution in [0.1, 0.15) is 18.2 Å². The van der Waals surface area contributed by atoms with Gasteiger partial charge in [-0.3, -0.25) is 4.79 Å². The number of nitrogens with one attached hydrogen (secondary N) is 2. The molecule has 0 aliphatic heterocycles. The maximum absolute atomic E-state index is 11.5. The number of carbonyl (C=O) groups excluding carboxylic acids is 1. The minimum Gasteiger partial charge on any atom is -0.465 e. The van der Waals surface area contributed by atoms with Gasteiger partial charge in [0.05, 0.1) is 0 Å². The molecule has 0 radical (unpaired) electrons. The first kappa shape index (κ1) is 13.8. The second-order valence-electron chi connectivity index (χ2n) is 3.87. The number of hydrogen-bond acceptors (Lipinski definition) is 4. The Morgan fingerprint density at radius 2 is 2.17 bits per heavy atom. The predicted octanol–water partition coefficient (Wildman–Crippen LogP) is 0.245. The number of hydrogen-bond donors (Lipinski definition) is 4. The second-order valence-corrected chi connectivity index (χ2v) is 3.87. The number of nitrogen functional groups attached to an aromatic ring is 1. The molecule has 0 aliphatic rings. The van der Waals surface area contributed by atoms with E-state index in [9.17, 15) is 9.59 Å². The highest BCUT2D eigenvalue weighted by molar-refractivity contribution is 5.84. The molecule has 0 unspecified atom stereocenters. The van der Waals surface area contributed by atoms with Crippen molar-refractivity contribution in [1.29, 1.82) is 0 Å². The van der Waals surface area contributed by atoms with Crippen LogP contribution < -0.4 is 16.4 Å². The highest BCUT2D eigenvalue weighted by Gasteiger charge is 2.14. The zero-order chi connectivity index (χ0) is 13.7. The van der Waals surface area contributed by atoms with Gasteiger partial charge in [-0.2, -0.15) is 0 Å². The van der Waals surface area contributed by atoms with Gasteiger partial charge >= 0.3 is 6.09 Å². The molecule has 2 amide bonds. The van der Waals surface area contributed by atoms with Crippen LogP contribution in [0.4, 0.5) is 10.6 Å². The van der Waals surface area contributed by atoms with Crippen molar-refractivity contribution in [2.45, 2.75) is 26.4 Å². The van der Waals surface area contributed by atoms with Crippen molar-refractivity contribution in [1.82, 2.24) is 15.6 Å². The summed E-state index contributed by atoms with van der Waals surface area (Å²) in [5, 5.41) is 13.2. The van der Waals surface area contributed by atoms with E-state index >= 15 is 0 Å². The summed E-state index contributed by atoms with van der Waals surface area (Å²) in [6.45, 7) is 3.54. The lowest BCUT2D eigenvalue weighted by Gasteiger charge is -2.12. The van der Waals surface area contributed by atoms with E-state index in [0.29, 0.717) is 5.82 Å². The van der Waals surface area contributed by atoms with E-state index in [2.05, 4.69) is 15.6 Å². The van der Waals surface area contributed by atoms with Crippen LogP contribution in [0.25, 0.3) is 0 Å². The number of aryl methyl sites for hydroxylation is 1. The van der Waals surface area contributed by atoms with E-state index in [1.54, 1.807) is 19.1 Å². The molecule has 1 aromatic rings. The molecule has 0 aromatic carbocycles. The van der Waals surface area contributed by atoms with Gasteiger partial charge in [0.1, 0.15) is 11.9 Å². The Hall–Kier alpha value is -2.31. The number of aromatic nitrogens is 1. The largest absolute Gasteiger partial charge is 0.465 e. The smallest absolute Gasteiger partial charge is 0.405 e. The third-order valence-corrected chi connectivity index (χ3v) is 2.40. The maximum atomic E-state index is 11.5. The van der Waals surface area contributed by atoms with Gasteiger partial charge in [-0.25, -0.2) is 9.78 Å². The summed E-state index contributed by atoms with van der Waals surface area (Å²) in [5.41, 5.74) is 7.08. The first-order valence-corrected chi connectivity index (χ1v) is 5.39. The number of rotatable bonds is 4. The Bertz CT molecular complexity index is 462. The molecule has 0 saturated carbocycles. The zero-order valence-electron chi connectivity index (χ0n) is 10.2. The predicted molar refractivity (Wildman–Crippen MR) is 65.9 cm³/mol. The average Bonchev–Trinajstić information content (AvgIpc) is 2.26. The molecule has 1 aromatic heterocycles. The molecule has 98 valence electrons. The minimum absolute atomic E-state index is 0.281. The van der Waals surface area contributed by atoms with Gasteiger partial charge < -0.3 is 21.5 Å². The van der Waals surface area contributed by atoms with E-state index in [-0.39, 0.29) is 6.54 Å². The third kappa shape index (κ3) is 3.93. The monoisotopic (exact) mass is 252 g/mol. The van der Waals surface area contributed by atoms with Crippen LogP contribution in [-0.2, 0) is 11.3 Å². The van der Waals surface area contributed by atoms with E-state index in [1.807, 2.05) is 0 Å². The van der Waals surface area contributed by atoms with E-state index in [0.717, 1.165) is 11.3 Å². The van der Waals surface area contributed by atoms with Crippen molar-refractivity contribution >= 4 is 17.8 Å². The number of carboxylic acid groups (broad SMARTS) is 1. The number of amides is 2. The molecular formula is C11H16N4O3. The SMILES string of the molecule is Cc1nc(N)ccc1CNC(=O)[C@@H](C)NC(=O)O. The lowest BCUT2D eigenvalue weighted by Crippen LogP contribution is -2.44. The molecule has 0 spiro atoms. The van der Waals surface area contributed by atoms with Crippen LogP contribution in [0.2, 0.25) is 0 Å². The number of pyridine rings is 1. The maximum Gasteiger partial charge on any atom is 0.405 e. The van der Waals surface area contributed by atoms with Crippen molar-refractivity contribution in [3.8, 4) is 0 Å². The molecule has 0 bridgehead atoms. The van der Waals surface area contributed by atoms with Crippen molar-refractivity contribution in [3.05, 3.63) is 23.4 Å². The summed E-state index contributed by atoms with van der Waals surface area (Å²) in [4.78, 5) is 26.0. The van der Waals surface area contributed by atoms with Crippen molar-refractivity contribution in [2.24, 2.45) is 0 Å². The standard InChI is InChI=1S/C11H16N4O3/c1-6-8(3-4-9(12)14-6)5-13-10(16)7(2)15-11(17)18/h3-4,7,15H,5H2,1-2H3,(H2,12,14)(H,13,16)(H,17,18)/t7-/m1/s1. The highest BCUT2D eigenvalue weighted by atomic mass is 16.4. The fourth-order valence-electron chi connectivity index (χ4n) is 1.38. The first-order valence-electron chi connectivity index (χ1n) is 5.39. The van der Waals surface area contributed by atoms with Gasteiger partial charge in [-0.1, -0.05) is 6.07 Å². The second kappa shape index (κ2) is 5.85. The average molecular weight is 252 g/mol. The van der Waals surface area contributed by atoms with Gasteiger partial charge in [0.25, 0.3) is 0 Å². The van der Waals surface area contributed by atoms with Crippen LogP contribution >= 0.6 is 0 Å². The summed E-state index contributed by atoms with van der Waals surface area (Å²) >= 11 is 0. The van der Waals surface area contributed by atoms with Gasteiger partial charge in [0.15, 0.2) is 0 Å². The summed E-state index contributed by atoms with van der Waals surface area (Å²) in [7, 11) is 0. The van der Waals surface area contributed by atoms with E-state index in [4.69, 9.17) is 10.8 Å². The fourth-order valence-corrected chi connectivity index (χ4v) is 1.38. The number of anilines is 1. The van der Waals surface area contributed by atoms with Crippen molar-refractivity contribution in [3.63, 3.8) is 0 Å². The quantitative estimate of drug-likeness (QED) is 0.612. The third-order valence-electron chi connectivity index (χ3n) is 2.40. The first-order chi connectivity index (χ1) is 8.40. The number of nitrogens with two attached hydrogens (primary N) is 1. The van der Waals surface area contributed by atoms with Gasteiger partial charge in [-0.05, 0) is 25.5 Å². The molecule has 0 aliphatic carbocycles. The van der Waals surface area contributed by atoms with Crippen molar-refractivity contribution < 1.29 is 14.7 Å². The normalized spacial score (nSPS) is 11.7. The van der Waals surface area contributed by atoms with Crippen molar-refractivity contribution in [2.75, 3.05) is 5.73 Å². The fraction of sp³-hybridized carbons (Fsp3) is 0.364. The highest BCUT2D eigenvalue weighted by Crippen LogP contribution is 2.07. The molecule has 5 N–H and O–H groups in total. The molecule has 0 saturated heterocycles. The molecule has 0 fully saturated rings. The van der Waals surface area contributed by atoms with Gasteiger partial charge in [0, 0.05) is 12.2 Å². The summed E-state index contributed by atoms with van der Waals surface area (Å²) in [6.07, 6.45) is -1.23. The van der Waals surface area contributed by atoms with Gasteiger partial charge in [-0.15, -0.1) is 0 Å². The van der Waals surface area contributed by atoms with Crippen LogP contribution in [0.3, 0.4) is 0 Å². The lowest BCUT2D eigenvalue weighted by atomic mass is 10.2. The number of nitrogens with zero attached hydrogens (tertiary/aromatic N) is 1. The van der Waals surface area contributed by atoms with Crippen LogP contribution in [-0.4, -0.2) is 28.1 Å². The molecule has 1 atom stereocenters. The van der Waals surface area contributed by atoms with Gasteiger partial charge in [0.2, 0.25) is 5.91 Å². The van der Waals surface area contributed by atoms with Crippen LogP contribution in [0, 0.1) is 6.92 Å². The minimum atomic E-state index is -1.23. The summed E-state index contributed by atoms with van der Waals surface area (Å²) in [6, 6.07) is 2.62. The Balaban J connectivity index is 2.54. The molecule has 7 nitrogen and oxygen atoms in total. The summed E-state index contributed by atoms with van der Waals surface area (Å²) < 4.78 is 0. The van der Waals surface area contributed by atoms with E-state index < -0.39 is 18.0 Å². The Morgan fingerprint density at radius 1 is 1.50 bits per heavy atom. The number of carbonyl (C=O) groups is 2. The Morgan fingerprint density at radius 3 is 2.72 bits per heavy atom. The molecule has 1 heterocycles.